The molecule has 0 heterocycles. The van der Waals surface area contributed by atoms with E-state index in [2.05, 4.69) is 20.4 Å². The van der Waals surface area contributed by atoms with Crippen molar-refractivity contribution in [2.75, 3.05) is 50.3 Å². The number of nitrogens with zero attached hydrogens (tertiary/aromatic N) is 2. The zero-order valence-electron chi connectivity index (χ0n) is 33.8. The van der Waals surface area contributed by atoms with Gasteiger partial charge in [0.2, 0.25) is 0 Å². The highest BCUT2D eigenvalue weighted by Gasteiger charge is 2.35. The number of hydrogen-bond donors (Lipinski definition) is 6. The summed E-state index contributed by atoms with van der Waals surface area (Å²) < 4.78 is 31.6. The number of carbonyl (C=O) groups is 4. The number of ketones is 4. The van der Waals surface area contributed by atoms with Gasteiger partial charge in [0.05, 0.1) is 33.6 Å². The van der Waals surface area contributed by atoms with Crippen molar-refractivity contribution in [1.29, 1.82) is 0 Å². The SMILES string of the molecule is CN(C)Cc1ccccc1Nc1ccc(N)c2c1C(=O)c1ccccc1C2=O.CN(C)Cc1ccccc1Nc1ccc(N)c2c1C(=O)c1ccccc1C2=O.O=S(=O)(O)O. The molecule has 0 unspecified atom stereocenters. The zero-order chi connectivity index (χ0) is 44.2. The third-order valence-electron chi connectivity index (χ3n) is 9.76. The molecule has 61 heavy (non-hydrogen) atoms. The van der Waals surface area contributed by atoms with Gasteiger partial charge >= 0.3 is 10.4 Å². The van der Waals surface area contributed by atoms with Gasteiger partial charge in [-0.25, -0.2) is 0 Å². The summed E-state index contributed by atoms with van der Waals surface area (Å²) in [6.45, 7) is 1.49. The molecule has 0 amide bonds. The Morgan fingerprint density at radius 2 is 0.721 bits per heavy atom. The van der Waals surface area contributed by atoms with Gasteiger partial charge in [-0.3, -0.25) is 28.3 Å². The average molecular weight is 841 g/mol. The maximum Gasteiger partial charge on any atom is 0.394 e. The third kappa shape index (κ3) is 9.73. The minimum atomic E-state index is -4.67. The van der Waals surface area contributed by atoms with Gasteiger partial charge in [-0.15, -0.1) is 0 Å². The number of anilines is 6. The number of rotatable bonds is 8. The van der Waals surface area contributed by atoms with Crippen LogP contribution in [0.15, 0.2) is 121 Å². The predicted octanol–water partition coefficient (Wildman–Crippen LogP) is 7.05. The Morgan fingerprint density at radius 1 is 0.443 bits per heavy atom. The number of nitrogens with one attached hydrogen (secondary N) is 2. The average Bonchev–Trinajstić information content (AvgIpc) is 3.21. The molecule has 6 aromatic rings. The molecule has 0 saturated heterocycles. The van der Waals surface area contributed by atoms with E-state index in [-0.39, 0.29) is 34.3 Å². The lowest BCUT2D eigenvalue weighted by molar-refractivity contribution is 0.0980. The quantitative estimate of drug-likeness (QED) is 0.0667. The summed E-state index contributed by atoms with van der Waals surface area (Å²) in [6.07, 6.45) is 0. The van der Waals surface area contributed by atoms with Crippen LogP contribution < -0.4 is 22.1 Å². The second-order valence-electron chi connectivity index (χ2n) is 14.8. The Labute approximate surface area is 353 Å². The fraction of sp³-hybridized carbons (Fsp3) is 0.130. The largest absolute Gasteiger partial charge is 0.398 e. The van der Waals surface area contributed by atoms with E-state index in [9.17, 15) is 19.2 Å². The molecule has 0 bridgehead atoms. The van der Waals surface area contributed by atoms with Crippen molar-refractivity contribution in [3.05, 3.63) is 177 Å². The molecule has 0 radical (unpaired) electrons. The van der Waals surface area contributed by atoms with Gasteiger partial charge in [0.15, 0.2) is 23.1 Å². The predicted molar refractivity (Wildman–Crippen MR) is 237 cm³/mol. The fourth-order valence-corrected chi connectivity index (χ4v) is 7.24. The van der Waals surface area contributed by atoms with Crippen molar-refractivity contribution in [2.24, 2.45) is 0 Å². The van der Waals surface area contributed by atoms with Crippen LogP contribution in [0, 0.1) is 0 Å². The minimum Gasteiger partial charge on any atom is -0.398 e. The van der Waals surface area contributed by atoms with Crippen LogP contribution in [0.4, 0.5) is 34.1 Å². The molecular weight excluding hydrogens is 797 g/mol. The lowest BCUT2D eigenvalue weighted by Crippen LogP contribution is -2.23. The van der Waals surface area contributed by atoms with E-state index in [0.717, 1.165) is 35.6 Å². The normalized spacial score (nSPS) is 12.6. The molecular formula is C46H44N6O8S. The van der Waals surface area contributed by atoms with Gasteiger partial charge in [0.25, 0.3) is 0 Å². The summed E-state index contributed by atoms with van der Waals surface area (Å²) in [5.41, 5.74) is 20.8. The van der Waals surface area contributed by atoms with Crippen LogP contribution in [0.3, 0.4) is 0 Å². The lowest BCUT2D eigenvalue weighted by atomic mass is 9.82. The smallest absolute Gasteiger partial charge is 0.394 e. The first-order valence-corrected chi connectivity index (χ1v) is 20.2. The molecule has 6 aromatic carbocycles. The van der Waals surface area contributed by atoms with E-state index in [1.165, 1.54) is 0 Å². The van der Waals surface area contributed by atoms with Crippen molar-refractivity contribution >= 4 is 67.7 Å². The molecule has 312 valence electrons. The Bertz CT molecular complexity index is 2640. The molecule has 0 saturated carbocycles. The molecule has 0 aliphatic heterocycles. The maximum atomic E-state index is 13.2. The Kier molecular flexibility index (Phi) is 12.9. The molecule has 0 aromatic heterocycles. The number of benzene rings is 6. The number of para-hydroxylation sites is 2. The molecule has 14 nitrogen and oxygen atoms in total. The first-order chi connectivity index (χ1) is 28.9. The Balaban J connectivity index is 0.000000184. The highest BCUT2D eigenvalue weighted by molar-refractivity contribution is 7.79. The molecule has 0 atom stereocenters. The standard InChI is InChI=1S/2C23H21N3O2.H2O4S/c2*1-26(2)13-14-7-3-6-10-18(14)25-19-12-11-17(24)20-21(19)23(28)16-9-5-4-8-15(16)22(20)27;1-5(2,3)4/h2*3-12,25H,13,24H2,1-2H3;(H2,1,2,3,4). The lowest BCUT2D eigenvalue weighted by Gasteiger charge is -2.23. The molecule has 2 aliphatic rings. The summed E-state index contributed by atoms with van der Waals surface area (Å²) >= 11 is 0. The van der Waals surface area contributed by atoms with Gasteiger partial charge in [0.1, 0.15) is 0 Å². The van der Waals surface area contributed by atoms with Crippen LogP contribution in [-0.4, -0.2) is 78.6 Å². The molecule has 8 N–H and O–H groups in total. The number of nitrogens with two attached hydrogens (primary N) is 2. The van der Waals surface area contributed by atoms with Gasteiger partial charge in [-0.05, 0) is 75.7 Å². The summed E-state index contributed by atoms with van der Waals surface area (Å²) in [5.74, 6) is -0.809. The molecule has 15 heteroatoms. The zero-order valence-corrected chi connectivity index (χ0v) is 34.6. The highest BCUT2D eigenvalue weighted by atomic mass is 32.3. The van der Waals surface area contributed by atoms with E-state index in [1.54, 1.807) is 72.8 Å². The molecule has 0 spiro atoms. The second-order valence-corrected chi connectivity index (χ2v) is 15.7. The van der Waals surface area contributed by atoms with Crippen molar-refractivity contribution < 1.29 is 36.7 Å². The molecule has 2 aliphatic carbocycles. The van der Waals surface area contributed by atoms with Crippen molar-refractivity contribution in [3.63, 3.8) is 0 Å². The van der Waals surface area contributed by atoms with Crippen molar-refractivity contribution in [3.8, 4) is 0 Å². The van der Waals surface area contributed by atoms with Crippen LogP contribution in [0.5, 0.6) is 0 Å². The van der Waals surface area contributed by atoms with Gasteiger partial charge in [-0.1, -0.05) is 84.9 Å². The number of hydrogen-bond acceptors (Lipinski definition) is 12. The summed E-state index contributed by atoms with van der Waals surface area (Å²) in [5, 5.41) is 6.72. The summed E-state index contributed by atoms with van der Waals surface area (Å²) in [4.78, 5) is 56.6. The van der Waals surface area contributed by atoms with Gasteiger partial charge in [0, 0.05) is 58.1 Å². The highest BCUT2D eigenvalue weighted by Crippen LogP contribution is 2.38. The number of nitrogen functional groups attached to an aromatic ring is 2. The topological polar surface area (TPSA) is 225 Å². The Morgan fingerprint density at radius 3 is 1.03 bits per heavy atom. The van der Waals surface area contributed by atoms with E-state index in [1.807, 2.05) is 76.7 Å². The van der Waals surface area contributed by atoms with E-state index in [4.69, 9.17) is 29.0 Å². The van der Waals surface area contributed by atoms with Crippen LogP contribution in [-0.2, 0) is 23.5 Å². The van der Waals surface area contributed by atoms with Gasteiger partial charge in [-0.2, -0.15) is 8.42 Å². The van der Waals surface area contributed by atoms with Crippen LogP contribution >= 0.6 is 0 Å². The summed E-state index contributed by atoms with van der Waals surface area (Å²) in [7, 11) is 3.34. The first kappa shape index (κ1) is 43.6. The first-order valence-electron chi connectivity index (χ1n) is 18.9. The third-order valence-corrected chi connectivity index (χ3v) is 9.76. The van der Waals surface area contributed by atoms with Gasteiger partial charge < -0.3 is 31.9 Å². The second kappa shape index (κ2) is 18.1. The Hall–Kier alpha value is -7.01. The van der Waals surface area contributed by atoms with Crippen LogP contribution in [0.25, 0.3) is 0 Å². The number of fused-ring (bicyclic) bond motifs is 4. The van der Waals surface area contributed by atoms with E-state index >= 15 is 0 Å². The molecule has 8 rings (SSSR count). The molecule has 0 fully saturated rings. The fourth-order valence-electron chi connectivity index (χ4n) is 7.24. The van der Waals surface area contributed by atoms with E-state index in [0.29, 0.717) is 56.1 Å². The van der Waals surface area contributed by atoms with Crippen LogP contribution in [0.2, 0.25) is 0 Å². The maximum absolute atomic E-state index is 13.2. The minimum absolute atomic E-state index is 0.190. The van der Waals surface area contributed by atoms with Crippen molar-refractivity contribution in [1.82, 2.24) is 9.80 Å². The summed E-state index contributed by atoms with van der Waals surface area (Å²) in [6, 6.07) is 36.5. The number of carbonyl (C=O) groups excluding carboxylic acids is 4. The van der Waals surface area contributed by atoms with Crippen LogP contribution in [0.1, 0.15) is 74.8 Å². The van der Waals surface area contributed by atoms with Crippen molar-refractivity contribution in [2.45, 2.75) is 13.1 Å². The van der Waals surface area contributed by atoms with E-state index < -0.39 is 10.4 Å². The monoisotopic (exact) mass is 840 g/mol.